The molecule has 74 heavy (non-hydrogen) atoms. The molecule has 0 fully saturated rings. The minimum atomic E-state index is 0.00829. The Hall–Kier alpha value is -8.99. The predicted molar refractivity (Wildman–Crippen MR) is 309 cm³/mol. The lowest BCUT2D eigenvalue weighted by molar-refractivity contribution is 0.919. The first-order chi connectivity index (χ1) is 36.1. The Morgan fingerprint density at radius 3 is 0.986 bits per heavy atom. The third kappa shape index (κ3) is 9.83. The molecule has 0 unspecified atom stereocenters. The average molecular weight is 955 g/mol. The van der Waals surface area contributed by atoms with E-state index in [4.69, 9.17) is 15.0 Å². The van der Waals surface area contributed by atoms with E-state index in [2.05, 4.69) is 265 Å². The summed E-state index contributed by atoms with van der Waals surface area (Å²) in [6.07, 6.45) is 0. The van der Waals surface area contributed by atoms with Crippen LogP contribution >= 0.6 is 0 Å². The second-order valence-electron chi connectivity index (χ2n) is 19.7. The van der Waals surface area contributed by atoms with Crippen LogP contribution in [0.2, 0.25) is 0 Å². The first-order valence-corrected chi connectivity index (χ1v) is 25.5. The lowest BCUT2D eigenvalue weighted by Crippen LogP contribution is -2.16. The van der Waals surface area contributed by atoms with Gasteiger partial charge in [0.2, 0.25) is 5.95 Å². The number of hydrogen-bond donors (Lipinski definition) is 0. The van der Waals surface area contributed by atoms with Crippen molar-refractivity contribution in [1.82, 2.24) is 15.0 Å². The molecule has 11 aromatic rings. The molecule has 10 aromatic carbocycles. The number of aryl methyl sites for hydroxylation is 6. The van der Waals surface area contributed by atoms with Gasteiger partial charge in [-0.05, 0) is 174 Å². The smallest absolute Gasteiger partial charge is 0.238 e. The van der Waals surface area contributed by atoms with E-state index in [9.17, 15) is 0 Å². The topological polar surface area (TPSA) is 41.9 Å². The molecule has 0 atom stereocenters. The Balaban J connectivity index is 1.17. The standard InChI is InChI=1S/C70H58N4/c1-46-36-48(3)65(49(4)37-46)67(66-50(5)38-47(2)39-51(66)6)56-32-34-63(35-33-56)74(64-44-60(54-26-16-9-17-27-54)41-61(45-64)55-28-18-10-19-29-55)70-72-68(57-30-20-11-21-31-57)71-69(73-70)62-42-58(52-22-12-7-13-23-52)40-59(43-62)53-24-14-8-15-25-53/h7-45,67H,1-6H3. The summed E-state index contributed by atoms with van der Waals surface area (Å²) in [7, 11) is 0. The van der Waals surface area contributed by atoms with Crippen molar-refractivity contribution in [3.05, 3.63) is 287 Å². The summed E-state index contributed by atoms with van der Waals surface area (Å²) in [5.41, 5.74) is 24.0. The molecule has 0 aliphatic rings. The number of rotatable bonds is 12. The molecule has 0 bridgehead atoms. The Morgan fingerprint density at radius 2 is 0.608 bits per heavy atom. The van der Waals surface area contributed by atoms with Crippen LogP contribution in [0.3, 0.4) is 0 Å². The maximum atomic E-state index is 5.58. The lowest BCUT2D eigenvalue weighted by Gasteiger charge is -2.28. The molecule has 0 N–H and O–H groups in total. The van der Waals surface area contributed by atoms with E-state index < -0.39 is 0 Å². The van der Waals surface area contributed by atoms with Gasteiger partial charge in [0.15, 0.2) is 11.6 Å². The van der Waals surface area contributed by atoms with Gasteiger partial charge in [0.1, 0.15) is 0 Å². The van der Waals surface area contributed by atoms with Gasteiger partial charge in [-0.1, -0.05) is 199 Å². The van der Waals surface area contributed by atoms with E-state index in [0.717, 1.165) is 67.0 Å². The highest BCUT2D eigenvalue weighted by molar-refractivity contribution is 5.85. The van der Waals surface area contributed by atoms with Crippen molar-refractivity contribution in [1.29, 1.82) is 0 Å². The van der Waals surface area contributed by atoms with Crippen LogP contribution < -0.4 is 4.90 Å². The Labute approximate surface area is 436 Å². The van der Waals surface area contributed by atoms with Gasteiger partial charge in [-0.3, -0.25) is 4.90 Å². The van der Waals surface area contributed by atoms with E-state index in [-0.39, 0.29) is 5.92 Å². The fourth-order valence-electron chi connectivity index (χ4n) is 11.0. The van der Waals surface area contributed by atoms with Crippen LogP contribution in [0.1, 0.15) is 56.0 Å². The van der Waals surface area contributed by atoms with Crippen molar-refractivity contribution in [2.24, 2.45) is 0 Å². The van der Waals surface area contributed by atoms with Crippen molar-refractivity contribution < 1.29 is 0 Å². The first kappa shape index (κ1) is 47.3. The fraction of sp³-hybridized carbons (Fsp3) is 0.100. The molecule has 1 aromatic heterocycles. The molecule has 0 amide bonds. The summed E-state index contributed by atoms with van der Waals surface area (Å²) < 4.78 is 0. The van der Waals surface area contributed by atoms with Crippen LogP contribution in [-0.2, 0) is 0 Å². The molecule has 0 spiro atoms. The van der Waals surface area contributed by atoms with Crippen molar-refractivity contribution in [3.63, 3.8) is 0 Å². The summed E-state index contributed by atoms with van der Waals surface area (Å²) in [6.45, 7) is 13.5. The summed E-state index contributed by atoms with van der Waals surface area (Å²) in [5, 5.41) is 0. The summed E-state index contributed by atoms with van der Waals surface area (Å²) in [6, 6.07) is 84.6. The van der Waals surface area contributed by atoms with E-state index in [1.807, 2.05) is 18.2 Å². The van der Waals surface area contributed by atoms with E-state index >= 15 is 0 Å². The fourth-order valence-corrected chi connectivity index (χ4v) is 11.0. The van der Waals surface area contributed by atoms with Crippen molar-refractivity contribution in [2.75, 3.05) is 4.90 Å². The monoisotopic (exact) mass is 954 g/mol. The third-order valence-electron chi connectivity index (χ3n) is 14.2. The molecule has 4 nitrogen and oxygen atoms in total. The largest absolute Gasteiger partial charge is 0.279 e. The zero-order valence-electron chi connectivity index (χ0n) is 42.9. The average Bonchev–Trinajstić information content (AvgIpc) is 3.43. The highest BCUT2D eigenvalue weighted by atomic mass is 15.3. The van der Waals surface area contributed by atoms with Gasteiger partial charge >= 0.3 is 0 Å². The molecular formula is C70H58N4. The second-order valence-corrected chi connectivity index (χ2v) is 19.7. The molecule has 0 aliphatic heterocycles. The highest BCUT2D eigenvalue weighted by Crippen LogP contribution is 2.44. The first-order valence-electron chi connectivity index (χ1n) is 25.5. The molecule has 0 saturated heterocycles. The summed E-state index contributed by atoms with van der Waals surface area (Å²) in [4.78, 5) is 18.6. The Kier molecular flexibility index (Phi) is 13.2. The normalized spacial score (nSPS) is 11.2. The molecule has 4 heteroatoms. The van der Waals surface area contributed by atoms with Crippen LogP contribution in [0.15, 0.2) is 237 Å². The van der Waals surface area contributed by atoms with Gasteiger partial charge in [0.05, 0.1) is 5.69 Å². The van der Waals surface area contributed by atoms with Gasteiger partial charge in [0, 0.05) is 22.7 Å². The number of benzene rings is 10. The minimum absolute atomic E-state index is 0.00829. The van der Waals surface area contributed by atoms with Gasteiger partial charge < -0.3 is 0 Å². The van der Waals surface area contributed by atoms with Crippen LogP contribution in [0, 0.1) is 41.5 Å². The van der Waals surface area contributed by atoms with Crippen LogP contribution in [0.5, 0.6) is 0 Å². The molecule has 0 saturated carbocycles. The molecule has 0 radical (unpaired) electrons. The van der Waals surface area contributed by atoms with E-state index in [1.165, 1.54) is 50.1 Å². The maximum absolute atomic E-state index is 5.58. The SMILES string of the molecule is Cc1cc(C)c(C(c2ccc(N(c3cc(-c4ccccc4)cc(-c4ccccc4)c3)c3nc(-c4ccccc4)nc(-c4cc(-c5ccccc5)cc(-c5ccccc5)c4)n3)cc2)c2c(C)cc(C)cc2C)c(C)c1. The summed E-state index contributed by atoms with van der Waals surface area (Å²) in [5.74, 6) is 1.67. The van der Waals surface area contributed by atoms with E-state index in [0.29, 0.717) is 17.6 Å². The Bertz CT molecular complexity index is 3540. The molecule has 1 heterocycles. The molecule has 358 valence electrons. The van der Waals surface area contributed by atoms with E-state index in [1.54, 1.807) is 0 Å². The second kappa shape index (κ2) is 20.6. The van der Waals surface area contributed by atoms with Gasteiger partial charge in [0.25, 0.3) is 0 Å². The molecule has 11 rings (SSSR count). The van der Waals surface area contributed by atoms with Crippen LogP contribution in [0.25, 0.3) is 67.3 Å². The quantitative estimate of drug-likeness (QED) is 0.114. The number of anilines is 3. The number of hydrogen-bond acceptors (Lipinski definition) is 4. The zero-order valence-corrected chi connectivity index (χ0v) is 42.9. The van der Waals surface area contributed by atoms with Gasteiger partial charge in [-0.15, -0.1) is 0 Å². The van der Waals surface area contributed by atoms with Crippen LogP contribution in [0.4, 0.5) is 17.3 Å². The van der Waals surface area contributed by atoms with Crippen LogP contribution in [-0.4, -0.2) is 15.0 Å². The summed E-state index contributed by atoms with van der Waals surface area (Å²) >= 11 is 0. The highest BCUT2D eigenvalue weighted by Gasteiger charge is 2.27. The minimum Gasteiger partial charge on any atom is -0.279 e. The van der Waals surface area contributed by atoms with Crippen molar-refractivity contribution in [2.45, 2.75) is 47.5 Å². The van der Waals surface area contributed by atoms with Crippen molar-refractivity contribution >= 4 is 17.3 Å². The Morgan fingerprint density at radius 1 is 0.284 bits per heavy atom. The zero-order chi connectivity index (χ0) is 50.7. The van der Waals surface area contributed by atoms with Crippen molar-refractivity contribution in [3.8, 4) is 67.3 Å². The van der Waals surface area contributed by atoms with Gasteiger partial charge in [-0.2, -0.15) is 9.97 Å². The number of aromatic nitrogens is 3. The molecule has 0 aliphatic carbocycles. The maximum Gasteiger partial charge on any atom is 0.238 e. The third-order valence-corrected chi connectivity index (χ3v) is 14.2. The molecular weight excluding hydrogens is 897 g/mol. The predicted octanol–water partition coefficient (Wildman–Crippen LogP) is 18.4. The number of nitrogens with zero attached hydrogens (tertiary/aromatic N) is 4. The van der Waals surface area contributed by atoms with Gasteiger partial charge in [-0.25, -0.2) is 4.98 Å². The lowest BCUT2D eigenvalue weighted by atomic mass is 9.77.